The van der Waals surface area contributed by atoms with Crippen LogP contribution in [0.1, 0.15) is 58.4 Å². The zero-order chi connectivity index (χ0) is 19.6. The molecule has 1 aliphatic carbocycles. The van der Waals surface area contributed by atoms with Gasteiger partial charge in [0.25, 0.3) is 0 Å². The molecule has 1 heterocycles. The molecule has 1 aromatic carbocycles. The van der Waals surface area contributed by atoms with E-state index in [1.807, 2.05) is 37.9 Å². The molecule has 0 aromatic heterocycles. The van der Waals surface area contributed by atoms with Crippen molar-refractivity contribution in [2.24, 2.45) is 5.73 Å². The minimum Gasteiger partial charge on any atom is -0.325 e. The zero-order valence-corrected chi connectivity index (χ0v) is 18.0. The normalized spacial score (nSPS) is 24.7. The third kappa shape index (κ3) is 4.30. The molecule has 0 saturated heterocycles. The number of hydrogen-bond acceptors (Lipinski definition) is 3. The molecule has 2 aliphatic rings. The number of rotatable bonds is 6. The first-order valence-corrected chi connectivity index (χ1v) is 11.1. The van der Waals surface area contributed by atoms with Crippen LogP contribution in [0.4, 0.5) is 4.79 Å². The Morgan fingerprint density at radius 2 is 2.11 bits per heavy atom. The standard InChI is InChI=1S/C21H30ClN3OS/c1-4-11-25-13-17(14(2)23)21(3,24-20(25)26)15-9-10-19(18(22)12-15)27-16-7-5-6-8-16/h9-10,12-14,16H,4-8,11,23H2,1-3H3,(H,24,26)/t14?,21-/m0/s1. The Morgan fingerprint density at radius 3 is 2.70 bits per heavy atom. The lowest BCUT2D eigenvalue weighted by atomic mass is 9.80. The van der Waals surface area contributed by atoms with E-state index in [1.165, 1.54) is 25.7 Å². The average molecular weight is 408 g/mol. The smallest absolute Gasteiger partial charge is 0.322 e. The molecule has 1 fully saturated rings. The summed E-state index contributed by atoms with van der Waals surface area (Å²) in [6.45, 7) is 6.70. The fraction of sp³-hybridized carbons (Fsp3) is 0.571. The number of amides is 2. The summed E-state index contributed by atoms with van der Waals surface area (Å²) < 4.78 is 0. The molecule has 0 radical (unpaired) electrons. The predicted octanol–water partition coefficient (Wildman–Crippen LogP) is 5.26. The van der Waals surface area contributed by atoms with E-state index in [0.29, 0.717) is 11.8 Å². The maximum absolute atomic E-state index is 12.6. The molecule has 148 valence electrons. The van der Waals surface area contributed by atoms with E-state index in [4.69, 9.17) is 17.3 Å². The second kappa shape index (κ2) is 8.46. The van der Waals surface area contributed by atoms with Gasteiger partial charge in [-0.25, -0.2) is 4.79 Å². The summed E-state index contributed by atoms with van der Waals surface area (Å²) in [5.74, 6) is 0. The number of thioether (sulfide) groups is 1. The summed E-state index contributed by atoms with van der Waals surface area (Å²) in [5.41, 5.74) is 7.58. The van der Waals surface area contributed by atoms with Gasteiger partial charge in [-0.1, -0.05) is 37.4 Å². The van der Waals surface area contributed by atoms with Crippen molar-refractivity contribution in [1.82, 2.24) is 10.2 Å². The summed E-state index contributed by atoms with van der Waals surface area (Å²) in [5, 5.41) is 4.59. The van der Waals surface area contributed by atoms with Gasteiger partial charge in [0.2, 0.25) is 0 Å². The number of nitrogens with one attached hydrogen (secondary N) is 1. The largest absolute Gasteiger partial charge is 0.325 e. The molecule has 0 spiro atoms. The van der Waals surface area contributed by atoms with Crippen LogP contribution in [-0.4, -0.2) is 28.8 Å². The molecule has 1 aromatic rings. The highest BCUT2D eigenvalue weighted by Crippen LogP contribution is 2.41. The SMILES string of the molecule is CCCN1C=C(C(C)N)[C@](C)(c2ccc(SC3CCCC3)c(Cl)c2)NC1=O. The molecule has 1 unspecified atom stereocenters. The molecule has 27 heavy (non-hydrogen) atoms. The lowest BCUT2D eigenvalue weighted by Crippen LogP contribution is -2.56. The third-order valence-electron chi connectivity index (χ3n) is 5.55. The Balaban J connectivity index is 1.91. The van der Waals surface area contributed by atoms with Gasteiger partial charge in [-0.15, -0.1) is 11.8 Å². The predicted molar refractivity (Wildman–Crippen MR) is 114 cm³/mol. The molecule has 1 saturated carbocycles. The first kappa shape index (κ1) is 20.6. The number of benzene rings is 1. The van der Waals surface area contributed by atoms with Gasteiger partial charge in [0.15, 0.2) is 0 Å². The van der Waals surface area contributed by atoms with Crippen molar-refractivity contribution in [3.05, 3.63) is 40.6 Å². The number of carbonyl (C=O) groups excluding carboxylic acids is 1. The van der Waals surface area contributed by atoms with Crippen LogP contribution in [0.2, 0.25) is 5.02 Å². The Kier molecular flexibility index (Phi) is 6.44. The maximum Gasteiger partial charge on any atom is 0.322 e. The first-order chi connectivity index (χ1) is 12.8. The van der Waals surface area contributed by atoms with Crippen LogP contribution in [0.3, 0.4) is 0 Å². The summed E-state index contributed by atoms with van der Waals surface area (Å²) in [6, 6.07) is 5.89. The number of hydrogen-bond donors (Lipinski definition) is 2. The van der Waals surface area contributed by atoms with Gasteiger partial charge in [0.05, 0.1) is 10.6 Å². The van der Waals surface area contributed by atoms with Crippen LogP contribution >= 0.6 is 23.4 Å². The van der Waals surface area contributed by atoms with Gasteiger partial charge < -0.3 is 16.0 Å². The van der Waals surface area contributed by atoms with Gasteiger partial charge in [0.1, 0.15) is 0 Å². The van der Waals surface area contributed by atoms with Crippen molar-refractivity contribution < 1.29 is 4.79 Å². The number of nitrogens with two attached hydrogens (primary N) is 1. The fourth-order valence-corrected chi connectivity index (χ4v) is 5.59. The molecule has 6 heteroatoms. The molecule has 4 nitrogen and oxygen atoms in total. The van der Waals surface area contributed by atoms with E-state index in [1.54, 1.807) is 4.90 Å². The fourth-order valence-electron chi connectivity index (χ4n) is 4.03. The minimum absolute atomic E-state index is 0.0933. The number of halogens is 1. The van der Waals surface area contributed by atoms with Crippen LogP contribution < -0.4 is 11.1 Å². The van der Waals surface area contributed by atoms with Gasteiger partial charge in [0, 0.05) is 28.9 Å². The molecule has 2 atom stereocenters. The van der Waals surface area contributed by atoms with Crippen LogP contribution in [-0.2, 0) is 5.54 Å². The van der Waals surface area contributed by atoms with Crippen molar-refractivity contribution in [2.45, 2.75) is 74.6 Å². The van der Waals surface area contributed by atoms with Crippen molar-refractivity contribution in [3.63, 3.8) is 0 Å². The molecular formula is C21H30ClN3OS. The van der Waals surface area contributed by atoms with Gasteiger partial charge in [-0.3, -0.25) is 0 Å². The van der Waals surface area contributed by atoms with E-state index < -0.39 is 5.54 Å². The highest BCUT2D eigenvalue weighted by atomic mass is 35.5. The topological polar surface area (TPSA) is 58.4 Å². The molecule has 3 rings (SSSR count). The van der Waals surface area contributed by atoms with Crippen molar-refractivity contribution in [1.29, 1.82) is 0 Å². The summed E-state index contributed by atoms with van der Waals surface area (Å²) in [7, 11) is 0. The Morgan fingerprint density at radius 1 is 1.41 bits per heavy atom. The quantitative estimate of drug-likeness (QED) is 0.676. The highest BCUT2D eigenvalue weighted by molar-refractivity contribution is 8.00. The van der Waals surface area contributed by atoms with E-state index >= 15 is 0 Å². The Bertz CT molecular complexity index is 730. The van der Waals surface area contributed by atoms with E-state index in [9.17, 15) is 4.79 Å². The van der Waals surface area contributed by atoms with Crippen molar-refractivity contribution in [2.75, 3.05) is 6.54 Å². The number of nitrogens with zero attached hydrogens (tertiary/aromatic N) is 1. The summed E-state index contributed by atoms with van der Waals surface area (Å²) in [6.07, 6.45) is 7.97. The number of carbonyl (C=O) groups is 1. The molecule has 3 N–H and O–H groups in total. The highest BCUT2D eigenvalue weighted by Gasteiger charge is 2.40. The van der Waals surface area contributed by atoms with Crippen LogP contribution in [0.25, 0.3) is 0 Å². The number of urea groups is 1. The van der Waals surface area contributed by atoms with Crippen LogP contribution in [0.5, 0.6) is 0 Å². The van der Waals surface area contributed by atoms with Crippen molar-refractivity contribution in [3.8, 4) is 0 Å². The Hall–Kier alpha value is -1.17. The van der Waals surface area contributed by atoms with Crippen LogP contribution in [0.15, 0.2) is 34.9 Å². The first-order valence-electron chi connectivity index (χ1n) is 9.88. The lowest BCUT2D eigenvalue weighted by Gasteiger charge is -2.42. The lowest BCUT2D eigenvalue weighted by molar-refractivity contribution is 0.196. The Labute approximate surface area is 171 Å². The molecule has 2 amide bonds. The van der Waals surface area contributed by atoms with Gasteiger partial charge in [-0.05, 0) is 56.4 Å². The molecule has 1 aliphatic heterocycles. The summed E-state index contributed by atoms with van der Waals surface area (Å²) >= 11 is 8.52. The zero-order valence-electron chi connectivity index (χ0n) is 16.4. The molecular weight excluding hydrogens is 378 g/mol. The average Bonchev–Trinajstić information content (AvgIpc) is 3.12. The second-order valence-electron chi connectivity index (χ2n) is 7.79. The summed E-state index contributed by atoms with van der Waals surface area (Å²) in [4.78, 5) is 15.5. The monoisotopic (exact) mass is 407 g/mol. The van der Waals surface area contributed by atoms with E-state index in [-0.39, 0.29) is 12.1 Å². The van der Waals surface area contributed by atoms with Crippen LogP contribution in [0, 0.1) is 0 Å². The third-order valence-corrected chi connectivity index (χ3v) is 7.39. The van der Waals surface area contributed by atoms with Crippen molar-refractivity contribution >= 4 is 29.4 Å². The maximum atomic E-state index is 12.6. The van der Waals surface area contributed by atoms with Gasteiger partial charge >= 0.3 is 6.03 Å². The second-order valence-corrected chi connectivity index (χ2v) is 9.54. The minimum atomic E-state index is -0.657. The molecule has 0 bridgehead atoms. The van der Waals surface area contributed by atoms with Gasteiger partial charge in [-0.2, -0.15) is 0 Å². The van der Waals surface area contributed by atoms with E-state index in [2.05, 4.69) is 24.4 Å². The van der Waals surface area contributed by atoms with E-state index in [0.717, 1.165) is 27.5 Å².